The molecule has 3 rings (SSSR count). The van der Waals surface area contributed by atoms with Crippen molar-refractivity contribution in [1.82, 2.24) is 24.7 Å². The van der Waals surface area contributed by atoms with E-state index in [2.05, 4.69) is 20.1 Å². The number of aromatic carboxylic acids is 1. The van der Waals surface area contributed by atoms with Crippen molar-refractivity contribution < 1.29 is 9.90 Å². The zero-order chi connectivity index (χ0) is 12.7. The minimum Gasteiger partial charge on any atom is -0.478 e. The van der Waals surface area contributed by atoms with E-state index in [4.69, 9.17) is 5.11 Å². The number of imidazole rings is 1. The number of nitrogens with one attached hydrogen (secondary N) is 1. The minimum atomic E-state index is -1.02. The predicted molar refractivity (Wildman–Crippen MR) is 63.1 cm³/mol. The highest BCUT2D eigenvalue weighted by Gasteiger charge is 2.11. The summed E-state index contributed by atoms with van der Waals surface area (Å²) < 4.78 is 1.67. The molecule has 0 atom stereocenters. The third kappa shape index (κ3) is 1.61. The van der Waals surface area contributed by atoms with Gasteiger partial charge in [0, 0.05) is 19.4 Å². The van der Waals surface area contributed by atoms with E-state index in [1.807, 2.05) is 13.1 Å². The van der Waals surface area contributed by atoms with E-state index < -0.39 is 5.97 Å². The van der Waals surface area contributed by atoms with Crippen molar-refractivity contribution in [3.63, 3.8) is 0 Å². The number of aryl methyl sites for hydroxylation is 1. The molecule has 0 aromatic carbocycles. The summed E-state index contributed by atoms with van der Waals surface area (Å²) in [6, 6.07) is 3.32. The van der Waals surface area contributed by atoms with E-state index in [1.54, 1.807) is 10.9 Å². The van der Waals surface area contributed by atoms with Crippen LogP contribution in [-0.4, -0.2) is 35.8 Å². The first kappa shape index (κ1) is 10.5. The molecule has 0 fully saturated rings. The van der Waals surface area contributed by atoms with E-state index in [-0.39, 0.29) is 5.56 Å². The predicted octanol–water partition coefficient (Wildman–Crippen LogP) is 1.06. The number of fused-ring (bicyclic) bond motifs is 1. The van der Waals surface area contributed by atoms with Crippen LogP contribution in [0.1, 0.15) is 10.4 Å². The number of carbonyl (C=O) groups is 1. The molecule has 0 bridgehead atoms. The zero-order valence-corrected chi connectivity index (χ0v) is 9.45. The molecule has 0 saturated carbocycles. The number of rotatable bonds is 2. The van der Waals surface area contributed by atoms with Crippen molar-refractivity contribution in [2.45, 2.75) is 0 Å². The van der Waals surface area contributed by atoms with Crippen LogP contribution in [0, 0.1) is 0 Å². The molecule has 3 aromatic heterocycles. The number of nitrogens with zero attached hydrogens (tertiary/aromatic N) is 4. The van der Waals surface area contributed by atoms with Gasteiger partial charge in [-0.05, 0) is 12.1 Å². The maximum absolute atomic E-state index is 10.8. The number of carboxylic acid groups (broad SMARTS) is 1. The van der Waals surface area contributed by atoms with Crippen molar-refractivity contribution in [3.05, 3.63) is 30.1 Å². The molecular weight excluding hydrogens is 234 g/mol. The fourth-order valence-corrected chi connectivity index (χ4v) is 1.68. The number of aromatic nitrogens is 5. The van der Waals surface area contributed by atoms with Gasteiger partial charge in [0.2, 0.25) is 0 Å². The van der Waals surface area contributed by atoms with Gasteiger partial charge in [-0.15, -0.1) is 0 Å². The normalized spacial score (nSPS) is 10.9. The van der Waals surface area contributed by atoms with Crippen molar-refractivity contribution in [2.75, 3.05) is 0 Å². The molecule has 2 N–H and O–H groups in total. The number of hydrogen-bond donors (Lipinski definition) is 2. The first-order valence-corrected chi connectivity index (χ1v) is 5.22. The monoisotopic (exact) mass is 243 g/mol. The average Bonchev–Trinajstić information content (AvgIpc) is 2.93. The summed E-state index contributed by atoms with van der Waals surface area (Å²) in [4.78, 5) is 22.1. The Labute approximate surface area is 101 Å². The third-order valence-corrected chi connectivity index (χ3v) is 2.54. The Morgan fingerprint density at radius 1 is 1.50 bits per heavy atom. The number of pyridine rings is 1. The summed E-state index contributed by atoms with van der Waals surface area (Å²) in [5.41, 5.74) is 1.86. The molecule has 7 nitrogen and oxygen atoms in total. The summed E-state index contributed by atoms with van der Waals surface area (Å²) in [7, 11) is 1.81. The number of aromatic amines is 1. The lowest BCUT2D eigenvalue weighted by Gasteiger charge is -1.91. The van der Waals surface area contributed by atoms with Gasteiger partial charge < -0.3 is 10.1 Å². The molecule has 18 heavy (non-hydrogen) atoms. The Bertz CT molecular complexity index is 743. The summed E-state index contributed by atoms with van der Waals surface area (Å²) in [6.45, 7) is 0. The fourth-order valence-electron chi connectivity index (χ4n) is 1.68. The standard InChI is InChI=1S/C11H9N5O2/c1-16-3-2-7(15-16)10-13-8-4-6(11(17)18)5-12-9(8)14-10/h2-5H,1H3,(H,17,18)(H,12,13,14). The molecule has 0 radical (unpaired) electrons. The van der Waals surface area contributed by atoms with Crippen molar-refractivity contribution in [3.8, 4) is 11.5 Å². The first-order valence-electron chi connectivity index (χ1n) is 5.22. The molecule has 90 valence electrons. The van der Waals surface area contributed by atoms with Crippen LogP contribution in [0.15, 0.2) is 24.5 Å². The molecule has 0 aliphatic heterocycles. The molecule has 0 saturated heterocycles. The summed E-state index contributed by atoms with van der Waals surface area (Å²) in [5, 5.41) is 13.1. The van der Waals surface area contributed by atoms with Gasteiger partial charge in [-0.3, -0.25) is 4.68 Å². The van der Waals surface area contributed by atoms with Crippen LogP contribution < -0.4 is 0 Å². The SMILES string of the molecule is Cn1ccc(-c2nc3ncc(C(=O)O)cc3[nH]2)n1. The second-order valence-corrected chi connectivity index (χ2v) is 3.86. The van der Waals surface area contributed by atoms with Crippen LogP contribution in [-0.2, 0) is 7.05 Å². The molecule has 0 aliphatic rings. The van der Waals surface area contributed by atoms with Crippen LogP contribution in [0.5, 0.6) is 0 Å². The van der Waals surface area contributed by atoms with Crippen molar-refractivity contribution in [2.24, 2.45) is 7.05 Å². The smallest absolute Gasteiger partial charge is 0.337 e. The first-order chi connectivity index (χ1) is 8.63. The lowest BCUT2D eigenvalue weighted by Crippen LogP contribution is -1.96. The van der Waals surface area contributed by atoms with Crippen molar-refractivity contribution in [1.29, 1.82) is 0 Å². The van der Waals surface area contributed by atoms with E-state index in [1.165, 1.54) is 12.3 Å². The fraction of sp³-hybridized carbons (Fsp3) is 0.0909. The zero-order valence-electron chi connectivity index (χ0n) is 9.45. The quantitative estimate of drug-likeness (QED) is 0.701. The third-order valence-electron chi connectivity index (χ3n) is 2.54. The number of carboxylic acids is 1. The minimum absolute atomic E-state index is 0.124. The Balaban J connectivity index is 2.13. The van der Waals surface area contributed by atoms with Gasteiger partial charge >= 0.3 is 5.97 Å². The van der Waals surface area contributed by atoms with Crippen LogP contribution in [0.25, 0.3) is 22.7 Å². The molecule has 0 aliphatic carbocycles. The largest absolute Gasteiger partial charge is 0.478 e. The second-order valence-electron chi connectivity index (χ2n) is 3.86. The van der Waals surface area contributed by atoms with Gasteiger partial charge in [-0.2, -0.15) is 5.10 Å². The molecule has 0 amide bonds. The van der Waals surface area contributed by atoms with Crippen molar-refractivity contribution >= 4 is 17.1 Å². The highest BCUT2D eigenvalue weighted by atomic mass is 16.4. The van der Waals surface area contributed by atoms with Crippen LogP contribution in [0.2, 0.25) is 0 Å². The van der Waals surface area contributed by atoms with E-state index in [0.29, 0.717) is 22.7 Å². The second kappa shape index (κ2) is 3.66. The maximum Gasteiger partial charge on any atom is 0.337 e. The van der Waals surface area contributed by atoms with Gasteiger partial charge in [0.15, 0.2) is 11.5 Å². The van der Waals surface area contributed by atoms with Crippen LogP contribution in [0.4, 0.5) is 0 Å². The average molecular weight is 243 g/mol. The van der Waals surface area contributed by atoms with Gasteiger partial charge in [-0.25, -0.2) is 14.8 Å². The molecule has 7 heteroatoms. The van der Waals surface area contributed by atoms with Gasteiger partial charge in [-0.1, -0.05) is 0 Å². The van der Waals surface area contributed by atoms with Gasteiger partial charge in [0.05, 0.1) is 11.1 Å². The van der Waals surface area contributed by atoms with Crippen LogP contribution >= 0.6 is 0 Å². The summed E-state index contributed by atoms with van der Waals surface area (Å²) >= 11 is 0. The Hall–Kier alpha value is -2.70. The van der Waals surface area contributed by atoms with E-state index >= 15 is 0 Å². The Morgan fingerprint density at radius 2 is 2.33 bits per heavy atom. The molecule has 0 unspecified atom stereocenters. The molecule has 3 aromatic rings. The topological polar surface area (TPSA) is 96.7 Å². The lowest BCUT2D eigenvalue weighted by molar-refractivity contribution is 0.0696. The molecular formula is C11H9N5O2. The van der Waals surface area contributed by atoms with Crippen LogP contribution in [0.3, 0.4) is 0 Å². The Morgan fingerprint density at radius 3 is 3.00 bits per heavy atom. The molecule has 0 spiro atoms. The highest BCUT2D eigenvalue weighted by Crippen LogP contribution is 2.18. The maximum atomic E-state index is 10.8. The van der Waals surface area contributed by atoms with E-state index in [0.717, 1.165) is 0 Å². The number of H-pyrrole nitrogens is 1. The van der Waals surface area contributed by atoms with Gasteiger partial charge in [0.25, 0.3) is 0 Å². The molecule has 3 heterocycles. The van der Waals surface area contributed by atoms with E-state index in [9.17, 15) is 4.79 Å². The Kier molecular flexibility index (Phi) is 2.12. The summed E-state index contributed by atoms with van der Waals surface area (Å²) in [6.07, 6.45) is 3.09. The van der Waals surface area contributed by atoms with Gasteiger partial charge in [0.1, 0.15) is 5.69 Å². The highest BCUT2D eigenvalue weighted by molar-refractivity contribution is 5.91. The lowest BCUT2D eigenvalue weighted by atomic mass is 10.3. The summed E-state index contributed by atoms with van der Waals surface area (Å²) in [5.74, 6) is -0.445. The number of hydrogen-bond acceptors (Lipinski definition) is 4.